The normalized spacial score (nSPS) is 15.9. The van der Waals surface area contributed by atoms with Crippen LogP contribution >= 0.6 is 11.3 Å². The second-order valence-corrected chi connectivity index (χ2v) is 6.93. The Morgan fingerprint density at radius 1 is 1.32 bits per heavy atom. The van der Waals surface area contributed by atoms with Gasteiger partial charge in [-0.3, -0.25) is 4.90 Å². The molecule has 0 atom stereocenters. The van der Waals surface area contributed by atoms with Crippen molar-refractivity contribution >= 4 is 11.3 Å². The Kier molecular flexibility index (Phi) is 5.58. The van der Waals surface area contributed by atoms with Gasteiger partial charge >= 0.3 is 0 Å². The first-order chi connectivity index (χ1) is 10.8. The second kappa shape index (κ2) is 7.85. The van der Waals surface area contributed by atoms with E-state index >= 15 is 0 Å². The number of aliphatic hydroxyl groups is 1. The number of aromatic nitrogens is 2. The molecule has 0 bridgehead atoms. The first kappa shape index (κ1) is 15.6. The highest BCUT2D eigenvalue weighted by Crippen LogP contribution is 2.32. The largest absolute Gasteiger partial charge is 0.396 e. The highest BCUT2D eigenvalue weighted by molar-refractivity contribution is 7.09. The SMILES string of the molecule is OCCCN(Cc1noc(C2CCCC2)n1)Cc1cccs1. The van der Waals surface area contributed by atoms with Gasteiger partial charge in [0.1, 0.15) is 0 Å². The Hall–Kier alpha value is -1.24. The Morgan fingerprint density at radius 3 is 2.91 bits per heavy atom. The van der Waals surface area contributed by atoms with Crippen molar-refractivity contribution in [2.75, 3.05) is 13.2 Å². The van der Waals surface area contributed by atoms with E-state index < -0.39 is 0 Å². The molecule has 0 aliphatic heterocycles. The van der Waals surface area contributed by atoms with Gasteiger partial charge < -0.3 is 9.63 Å². The van der Waals surface area contributed by atoms with Gasteiger partial charge in [0.05, 0.1) is 6.54 Å². The third-order valence-electron chi connectivity index (χ3n) is 4.15. The third-order valence-corrected chi connectivity index (χ3v) is 5.01. The molecule has 0 radical (unpaired) electrons. The maximum Gasteiger partial charge on any atom is 0.229 e. The maximum absolute atomic E-state index is 9.08. The summed E-state index contributed by atoms with van der Waals surface area (Å²) < 4.78 is 5.45. The van der Waals surface area contributed by atoms with Crippen LogP contribution in [0.25, 0.3) is 0 Å². The van der Waals surface area contributed by atoms with Crippen molar-refractivity contribution in [1.82, 2.24) is 15.0 Å². The summed E-state index contributed by atoms with van der Waals surface area (Å²) in [5, 5.41) is 15.3. The van der Waals surface area contributed by atoms with E-state index in [1.165, 1.54) is 30.6 Å². The van der Waals surface area contributed by atoms with Crippen molar-refractivity contribution in [3.8, 4) is 0 Å². The lowest BCUT2D eigenvalue weighted by Gasteiger charge is -2.19. The summed E-state index contributed by atoms with van der Waals surface area (Å²) in [5.41, 5.74) is 0. The van der Waals surface area contributed by atoms with Crippen molar-refractivity contribution in [2.24, 2.45) is 0 Å². The molecule has 1 aliphatic rings. The molecule has 0 unspecified atom stereocenters. The molecular weight excluding hydrogens is 298 g/mol. The van der Waals surface area contributed by atoms with E-state index in [1.807, 2.05) is 0 Å². The molecule has 1 saturated carbocycles. The molecule has 2 aromatic heterocycles. The first-order valence-corrected chi connectivity index (χ1v) is 8.91. The van der Waals surface area contributed by atoms with Crippen molar-refractivity contribution in [3.63, 3.8) is 0 Å². The van der Waals surface area contributed by atoms with E-state index in [0.29, 0.717) is 12.5 Å². The number of thiophene rings is 1. The molecule has 5 nitrogen and oxygen atoms in total. The minimum Gasteiger partial charge on any atom is -0.396 e. The average Bonchev–Trinajstić information content (AvgIpc) is 3.26. The van der Waals surface area contributed by atoms with Crippen molar-refractivity contribution in [3.05, 3.63) is 34.1 Å². The first-order valence-electron chi connectivity index (χ1n) is 8.03. The summed E-state index contributed by atoms with van der Waals surface area (Å²) in [7, 11) is 0. The summed E-state index contributed by atoms with van der Waals surface area (Å²) in [5.74, 6) is 2.03. The lowest BCUT2D eigenvalue weighted by Crippen LogP contribution is -2.25. The summed E-state index contributed by atoms with van der Waals surface area (Å²) in [4.78, 5) is 8.18. The third kappa shape index (κ3) is 4.15. The monoisotopic (exact) mass is 321 g/mol. The Balaban J connectivity index is 1.61. The fraction of sp³-hybridized carbons (Fsp3) is 0.625. The fourth-order valence-corrected chi connectivity index (χ4v) is 3.75. The van der Waals surface area contributed by atoms with Gasteiger partial charge in [-0.1, -0.05) is 24.1 Å². The Morgan fingerprint density at radius 2 is 2.18 bits per heavy atom. The van der Waals surface area contributed by atoms with Gasteiger partial charge in [0.25, 0.3) is 0 Å². The summed E-state index contributed by atoms with van der Waals surface area (Å²) >= 11 is 1.75. The predicted molar refractivity (Wildman–Crippen MR) is 85.6 cm³/mol. The Bertz CT molecular complexity index is 550. The van der Waals surface area contributed by atoms with Crippen molar-refractivity contribution < 1.29 is 9.63 Å². The molecule has 0 aromatic carbocycles. The zero-order valence-corrected chi connectivity index (χ0v) is 13.6. The van der Waals surface area contributed by atoms with Gasteiger partial charge in [0.15, 0.2) is 5.82 Å². The van der Waals surface area contributed by atoms with Crippen LogP contribution in [0.3, 0.4) is 0 Å². The van der Waals surface area contributed by atoms with Gasteiger partial charge in [0.2, 0.25) is 5.89 Å². The minimum atomic E-state index is 0.209. The highest BCUT2D eigenvalue weighted by atomic mass is 32.1. The zero-order valence-electron chi connectivity index (χ0n) is 12.8. The van der Waals surface area contributed by atoms with E-state index in [-0.39, 0.29) is 6.61 Å². The van der Waals surface area contributed by atoms with Crippen LogP contribution in [-0.2, 0) is 13.1 Å². The zero-order chi connectivity index (χ0) is 15.2. The highest BCUT2D eigenvalue weighted by Gasteiger charge is 2.23. The van der Waals surface area contributed by atoms with E-state index in [0.717, 1.165) is 31.2 Å². The quantitative estimate of drug-likeness (QED) is 0.809. The number of aliphatic hydroxyl groups excluding tert-OH is 1. The van der Waals surface area contributed by atoms with Crippen LogP contribution in [0.2, 0.25) is 0 Å². The second-order valence-electron chi connectivity index (χ2n) is 5.90. The van der Waals surface area contributed by atoms with Gasteiger partial charge in [-0.15, -0.1) is 11.3 Å². The molecule has 0 saturated heterocycles. The standard InChI is InChI=1S/C16H23N3O2S/c20-9-4-8-19(11-14-7-3-10-22-14)12-15-17-16(21-18-15)13-5-1-2-6-13/h3,7,10,13,20H,1-2,4-6,8-9,11-12H2. The van der Waals surface area contributed by atoms with Crippen molar-refractivity contribution in [1.29, 1.82) is 0 Å². The molecular formula is C16H23N3O2S. The van der Waals surface area contributed by atoms with Crippen LogP contribution in [-0.4, -0.2) is 33.3 Å². The fourth-order valence-electron chi connectivity index (χ4n) is 3.00. The predicted octanol–water partition coefficient (Wildman–Crippen LogP) is 3.17. The van der Waals surface area contributed by atoms with Crippen LogP contribution < -0.4 is 0 Å². The molecule has 2 heterocycles. The minimum absolute atomic E-state index is 0.209. The summed E-state index contributed by atoms with van der Waals surface area (Å²) in [6.07, 6.45) is 5.64. The Labute approximate surface area is 135 Å². The maximum atomic E-state index is 9.08. The summed E-state index contributed by atoms with van der Waals surface area (Å²) in [6, 6.07) is 4.20. The molecule has 3 rings (SSSR count). The van der Waals surface area contributed by atoms with E-state index in [2.05, 4.69) is 32.6 Å². The van der Waals surface area contributed by atoms with Gasteiger partial charge in [0, 0.05) is 30.5 Å². The van der Waals surface area contributed by atoms with Crippen LogP contribution in [0, 0.1) is 0 Å². The number of hydrogen-bond acceptors (Lipinski definition) is 6. The summed E-state index contributed by atoms with van der Waals surface area (Å²) in [6.45, 7) is 2.58. The van der Waals surface area contributed by atoms with E-state index in [9.17, 15) is 0 Å². The smallest absolute Gasteiger partial charge is 0.229 e. The van der Waals surface area contributed by atoms with Gasteiger partial charge in [-0.05, 0) is 30.7 Å². The van der Waals surface area contributed by atoms with Crippen LogP contribution in [0.15, 0.2) is 22.0 Å². The van der Waals surface area contributed by atoms with Crippen LogP contribution in [0.1, 0.15) is 54.6 Å². The van der Waals surface area contributed by atoms with Crippen LogP contribution in [0.4, 0.5) is 0 Å². The van der Waals surface area contributed by atoms with E-state index in [1.54, 1.807) is 11.3 Å². The average molecular weight is 321 g/mol. The molecule has 6 heteroatoms. The topological polar surface area (TPSA) is 62.4 Å². The van der Waals surface area contributed by atoms with Crippen molar-refractivity contribution in [2.45, 2.75) is 51.1 Å². The molecule has 1 fully saturated rings. The van der Waals surface area contributed by atoms with E-state index in [4.69, 9.17) is 9.63 Å². The molecule has 1 aliphatic carbocycles. The van der Waals surface area contributed by atoms with Crippen LogP contribution in [0.5, 0.6) is 0 Å². The number of nitrogens with zero attached hydrogens (tertiary/aromatic N) is 3. The number of rotatable bonds is 8. The molecule has 120 valence electrons. The lowest BCUT2D eigenvalue weighted by atomic mass is 10.1. The molecule has 0 amide bonds. The molecule has 0 spiro atoms. The lowest BCUT2D eigenvalue weighted by molar-refractivity contribution is 0.208. The van der Waals surface area contributed by atoms with Gasteiger partial charge in [-0.2, -0.15) is 4.98 Å². The van der Waals surface area contributed by atoms with Gasteiger partial charge in [-0.25, -0.2) is 0 Å². The molecule has 1 N–H and O–H groups in total. The molecule has 22 heavy (non-hydrogen) atoms. The number of hydrogen-bond donors (Lipinski definition) is 1. The molecule has 2 aromatic rings.